The molecule has 0 saturated heterocycles. The Morgan fingerprint density at radius 1 is 1.56 bits per heavy atom. The third-order valence-corrected chi connectivity index (χ3v) is 2.75. The van der Waals surface area contributed by atoms with Gasteiger partial charge >= 0.3 is 0 Å². The average Bonchev–Trinajstić information content (AvgIpc) is 2.79. The minimum Gasteiger partial charge on any atom is -0.367 e. The Labute approximate surface area is 95.2 Å². The summed E-state index contributed by atoms with van der Waals surface area (Å²) < 4.78 is 0. The van der Waals surface area contributed by atoms with Crippen molar-refractivity contribution in [1.29, 1.82) is 0 Å². The second-order valence-electron chi connectivity index (χ2n) is 3.07. The summed E-state index contributed by atoms with van der Waals surface area (Å²) in [5.74, 6) is -0.379. The molecule has 0 aromatic carbocycles. The van der Waals surface area contributed by atoms with Gasteiger partial charge in [-0.05, 0) is 0 Å². The summed E-state index contributed by atoms with van der Waals surface area (Å²) in [6, 6.07) is 1.32. The normalized spacial score (nSPS) is 10.0. The van der Waals surface area contributed by atoms with Crippen LogP contribution < -0.4 is 10.7 Å². The number of nitrogens with one attached hydrogen (secondary N) is 2. The number of thiazole rings is 1. The van der Waals surface area contributed by atoms with Crippen LogP contribution in [0.25, 0.3) is 0 Å². The predicted octanol–water partition coefficient (Wildman–Crippen LogP) is 0.761. The summed E-state index contributed by atoms with van der Waals surface area (Å²) >= 11 is 1.45. The van der Waals surface area contributed by atoms with Gasteiger partial charge in [-0.1, -0.05) is 0 Å². The van der Waals surface area contributed by atoms with Crippen molar-refractivity contribution in [1.82, 2.24) is 15.3 Å². The summed E-state index contributed by atoms with van der Waals surface area (Å²) in [4.78, 5) is 30.5. The summed E-state index contributed by atoms with van der Waals surface area (Å²) in [6.07, 6.45) is 4.56. The van der Waals surface area contributed by atoms with Gasteiger partial charge in [-0.3, -0.25) is 14.6 Å². The molecular formula is C10H9N3O2S. The highest BCUT2D eigenvalue weighted by molar-refractivity contribution is 7.09. The molecule has 2 heterocycles. The molecule has 2 aromatic rings. The molecular weight excluding hydrogens is 226 g/mol. The highest BCUT2D eigenvalue weighted by atomic mass is 32.1. The first-order chi connectivity index (χ1) is 7.77. The van der Waals surface area contributed by atoms with Crippen LogP contribution in [-0.2, 0) is 6.54 Å². The fraction of sp³-hybridized carbons (Fsp3) is 0.100. The SMILES string of the molecule is O=C(NCc1cncs1)c1c[nH]ccc1=O. The maximum absolute atomic E-state index is 11.6. The number of nitrogens with zero attached hydrogens (tertiary/aromatic N) is 1. The highest BCUT2D eigenvalue weighted by Crippen LogP contribution is 2.04. The molecule has 6 heteroatoms. The van der Waals surface area contributed by atoms with Gasteiger partial charge in [0.05, 0.1) is 12.1 Å². The lowest BCUT2D eigenvalue weighted by Gasteiger charge is -2.01. The van der Waals surface area contributed by atoms with Gasteiger partial charge < -0.3 is 10.3 Å². The molecule has 0 aliphatic carbocycles. The van der Waals surface area contributed by atoms with E-state index in [0.717, 1.165) is 4.88 Å². The van der Waals surface area contributed by atoms with E-state index in [9.17, 15) is 9.59 Å². The smallest absolute Gasteiger partial charge is 0.257 e. The average molecular weight is 235 g/mol. The predicted molar refractivity (Wildman–Crippen MR) is 60.3 cm³/mol. The minimum absolute atomic E-state index is 0.118. The highest BCUT2D eigenvalue weighted by Gasteiger charge is 2.08. The molecule has 5 nitrogen and oxygen atoms in total. The Bertz CT molecular complexity index is 533. The third kappa shape index (κ3) is 2.34. The standard InChI is InChI=1S/C10H9N3O2S/c14-9-1-2-11-5-8(9)10(15)13-4-7-3-12-6-16-7/h1-3,5-6H,4H2,(H,11,14)(H,13,15). The number of pyridine rings is 1. The van der Waals surface area contributed by atoms with Gasteiger partial charge in [-0.2, -0.15) is 0 Å². The number of aromatic nitrogens is 2. The van der Waals surface area contributed by atoms with Crippen LogP contribution in [0, 0.1) is 0 Å². The first-order valence-corrected chi connectivity index (χ1v) is 5.48. The van der Waals surface area contributed by atoms with Crippen molar-refractivity contribution in [3.05, 3.63) is 50.8 Å². The van der Waals surface area contributed by atoms with Crippen LogP contribution in [0.15, 0.2) is 35.0 Å². The van der Waals surface area contributed by atoms with E-state index in [2.05, 4.69) is 15.3 Å². The number of amides is 1. The summed E-state index contributed by atoms with van der Waals surface area (Å²) in [7, 11) is 0. The van der Waals surface area contributed by atoms with Crippen molar-refractivity contribution in [2.45, 2.75) is 6.54 Å². The maximum atomic E-state index is 11.6. The molecule has 0 bridgehead atoms. The van der Waals surface area contributed by atoms with Gasteiger partial charge in [-0.25, -0.2) is 0 Å². The van der Waals surface area contributed by atoms with Gasteiger partial charge in [-0.15, -0.1) is 11.3 Å². The largest absolute Gasteiger partial charge is 0.367 e. The molecule has 0 atom stereocenters. The molecule has 0 fully saturated rings. The Morgan fingerprint density at radius 3 is 3.12 bits per heavy atom. The molecule has 2 aromatic heterocycles. The number of aromatic amines is 1. The van der Waals surface area contributed by atoms with Gasteiger partial charge in [0.1, 0.15) is 5.56 Å². The van der Waals surface area contributed by atoms with Crippen molar-refractivity contribution in [3.63, 3.8) is 0 Å². The van der Waals surface area contributed by atoms with Crippen molar-refractivity contribution in [2.24, 2.45) is 0 Å². The molecule has 0 radical (unpaired) electrons. The van der Waals surface area contributed by atoms with Crippen LogP contribution in [0.2, 0.25) is 0 Å². The first kappa shape index (κ1) is 10.6. The van der Waals surface area contributed by atoms with Crippen LogP contribution in [0.5, 0.6) is 0 Å². The zero-order valence-electron chi connectivity index (χ0n) is 8.27. The van der Waals surface area contributed by atoms with Gasteiger partial charge in [0, 0.05) is 29.5 Å². The molecule has 0 unspecified atom stereocenters. The fourth-order valence-corrected chi connectivity index (χ4v) is 1.72. The number of H-pyrrole nitrogens is 1. The quantitative estimate of drug-likeness (QED) is 0.824. The van der Waals surface area contributed by atoms with Crippen LogP contribution in [0.1, 0.15) is 15.2 Å². The molecule has 0 saturated carbocycles. The van der Waals surface area contributed by atoms with Crippen LogP contribution >= 0.6 is 11.3 Å². The Morgan fingerprint density at radius 2 is 2.44 bits per heavy atom. The van der Waals surface area contributed by atoms with E-state index in [4.69, 9.17) is 0 Å². The van der Waals surface area contributed by atoms with E-state index in [0.29, 0.717) is 6.54 Å². The first-order valence-electron chi connectivity index (χ1n) is 4.60. The fourth-order valence-electron chi connectivity index (χ4n) is 1.19. The summed E-state index contributed by atoms with van der Waals surface area (Å²) in [5, 5.41) is 2.65. The lowest BCUT2D eigenvalue weighted by molar-refractivity contribution is 0.0950. The molecule has 2 N–H and O–H groups in total. The summed E-state index contributed by atoms with van der Waals surface area (Å²) in [6.45, 7) is 0.387. The molecule has 0 spiro atoms. The maximum Gasteiger partial charge on any atom is 0.257 e. The van der Waals surface area contributed by atoms with Crippen molar-refractivity contribution < 1.29 is 4.79 Å². The zero-order chi connectivity index (χ0) is 11.4. The van der Waals surface area contributed by atoms with E-state index >= 15 is 0 Å². The molecule has 0 aliphatic rings. The van der Waals surface area contributed by atoms with Crippen molar-refractivity contribution in [3.8, 4) is 0 Å². The minimum atomic E-state index is -0.379. The molecule has 16 heavy (non-hydrogen) atoms. The molecule has 0 aliphatic heterocycles. The number of rotatable bonds is 3. The Balaban J connectivity index is 2.04. The van der Waals surface area contributed by atoms with E-state index in [1.165, 1.54) is 29.8 Å². The number of hydrogen-bond acceptors (Lipinski definition) is 4. The monoisotopic (exact) mass is 235 g/mol. The van der Waals surface area contributed by atoms with E-state index in [1.54, 1.807) is 11.7 Å². The lowest BCUT2D eigenvalue weighted by atomic mass is 10.2. The van der Waals surface area contributed by atoms with Crippen LogP contribution in [0.3, 0.4) is 0 Å². The van der Waals surface area contributed by atoms with E-state index in [1.807, 2.05) is 0 Å². The van der Waals surface area contributed by atoms with Gasteiger partial charge in [0.25, 0.3) is 5.91 Å². The molecule has 82 valence electrons. The number of carbonyl (C=O) groups is 1. The summed E-state index contributed by atoms with van der Waals surface area (Å²) in [5.41, 5.74) is 1.52. The number of hydrogen-bond donors (Lipinski definition) is 2. The topological polar surface area (TPSA) is 74.8 Å². The van der Waals surface area contributed by atoms with Crippen molar-refractivity contribution in [2.75, 3.05) is 0 Å². The van der Waals surface area contributed by atoms with Gasteiger partial charge in [0.15, 0.2) is 5.43 Å². The van der Waals surface area contributed by atoms with E-state index < -0.39 is 0 Å². The second kappa shape index (κ2) is 4.71. The van der Waals surface area contributed by atoms with Crippen molar-refractivity contribution >= 4 is 17.2 Å². The Kier molecular flexibility index (Phi) is 3.11. The third-order valence-electron chi connectivity index (χ3n) is 1.98. The Hall–Kier alpha value is -1.95. The van der Waals surface area contributed by atoms with Crippen LogP contribution in [-0.4, -0.2) is 15.9 Å². The molecule has 2 rings (SSSR count). The van der Waals surface area contributed by atoms with Crippen LogP contribution in [0.4, 0.5) is 0 Å². The van der Waals surface area contributed by atoms with E-state index in [-0.39, 0.29) is 16.9 Å². The van der Waals surface area contributed by atoms with Gasteiger partial charge in [0.2, 0.25) is 0 Å². The zero-order valence-corrected chi connectivity index (χ0v) is 9.08. The molecule has 1 amide bonds. The lowest BCUT2D eigenvalue weighted by Crippen LogP contribution is -2.27. The number of carbonyl (C=O) groups excluding carboxylic acids is 1. The second-order valence-corrected chi connectivity index (χ2v) is 4.04.